The topological polar surface area (TPSA) is 12.0 Å². The van der Waals surface area contributed by atoms with E-state index in [4.69, 9.17) is 0 Å². The van der Waals surface area contributed by atoms with Gasteiger partial charge in [0.1, 0.15) is 0 Å². The molecule has 0 radical (unpaired) electrons. The number of aryl methyl sites for hydroxylation is 2. The van der Waals surface area contributed by atoms with Gasteiger partial charge in [0.25, 0.3) is 0 Å². The summed E-state index contributed by atoms with van der Waals surface area (Å²) >= 11 is 0. The maximum atomic E-state index is 3.77. The van der Waals surface area contributed by atoms with E-state index in [9.17, 15) is 0 Å². The molecule has 20 heavy (non-hydrogen) atoms. The standard InChI is InChI=1S/C19H31N/c1-6-20-19(17-10-9-14(3)16(5)12-17)18-11-13(2)7-8-15(18)4/h7-8,11,14,16-17,19-20H,6,9-10,12H2,1-5H3. The summed E-state index contributed by atoms with van der Waals surface area (Å²) in [7, 11) is 0. The van der Waals surface area contributed by atoms with Crippen LogP contribution in [0, 0.1) is 31.6 Å². The van der Waals surface area contributed by atoms with Gasteiger partial charge in [-0.1, -0.05) is 51.0 Å². The van der Waals surface area contributed by atoms with E-state index in [1.54, 1.807) is 0 Å². The largest absolute Gasteiger partial charge is 0.310 e. The van der Waals surface area contributed by atoms with Crippen molar-refractivity contribution < 1.29 is 0 Å². The number of hydrogen-bond acceptors (Lipinski definition) is 1. The summed E-state index contributed by atoms with van der Waals surface area (Å²) in [5, 5.41) is 3.77. The predicted octanol–water partition coefficient (Wildman–Crippen LogP) is 5.03. The van der Waals surface area contributed by atoms with Gasteiger partial charge in [-0.2, -0.15) is 0 Å². The molecule has 0 bridgehead atoms. The molecular weight excluding hydrogens is 242 g/mol. The Kier molecular flexibility index (Phi) is 5.26. The van der Waals surface area contributed by atoms with Crippen LogP contribution in [0.4, 0.5) is 0 Å². The Morgan fingerprint density at radius 2 is 1.90 bits per heavy atom. The first-order valence-corrected chi connectivity index (χ1v) is 8.33. The number of nitrogens with one attached hydrogen (secondary N) is 1. The molecule has 0 spiro atoms. The van der Waals surface area contributed by atoms with Gasteiger partial charge in [-0.25, -0.2) is 0 Å². The first-order valence-electron chi connectivity index (χ1n) is 8.33. The zero-order valence-corrected chi connectivity index (χ0v) is 13.9. The maximum absolute atomic E-state index is 3.77. The molecule has 1 N–H and O–H groups in total. The van der Waals surface area contributed by atoms with Crippen molar-refractivity contribution in [3.63, 3.8) is 0 Å². The van der Waals surface area contributed by atoms with Gasteiger partial charge < -0.3 is 5.32 Å². The van der Waals surface area contributed by atoms with Crippen molar-refractivity contribution in [3.8, 4) is 0 Å². The third-order valence-electron chi connectivity index (χ3n) is 5.30. The Balaban J connectivity index is 2.24. The molecule has 2 rings (SSSR count). The smallest absolute Gasteiger partial charge is 0.0351 e. The second-order valence-electron chi connectivity index (χ2n) is 6.92. The van der Waals surface area contributed by atoms with Crippen molar-refractivity contribution in [1.82, 2.24) is 5.32 Å². The fraction of sp³-hybridized carbons (Fsp3) is 0.684. The maximum Gasteiger partial charge on any atom is 0.0351 e. The van der Waals surface area contributed by atoms with Gasteiger partial charge in [-0.3, -0.25) is 0 Å². The molecule has 1 saturated carbocycles. The van der Waals surface area contributed by atoms with Crippen molar-refractivity contribution in [2.45, 2.75) is 59.9 Å². The lowest BCUT2D eigenvalue weighted by Gasteiger charge is -2.38. The fourth-order valence-electron chi connectivity index (χ4n) is 3.74. The van der Waals surface area contributed by atoms with Crippen LogP contribution in [-0.2, 0) is 0 Å². The molecule has 1 heteroatoms. The lowest BCUT2D eigenvalue weighted by Crippen LogP contribution is -2.33. The van der Waals surface area contributed by atoms with Gasteiger partial charge in [-0.05, 0) is 62.1 Å². The molecule has 112 valence electrons. The normalized spacial score (nSPS) is 28.4. The van der Waals surface area contributed by atoms with Gasteiger partial charge in [0.2, 0.25) is 0 Å². The highest BCUT2D eigenvalue weighted by Crippen LogP contribution is 2.40. The van der Waals surface area contributed by atoms with Crippen molar-refractivity contribution in [2.75, 3.05) is 6.54 Å². The lowest BCUT2D eigenvalue weighted by molar-refractivity contribution is 0.171. The van der Waals surface area contributed by atoms with Gasteiger partial charge in [0.05, 0.1) is 0 Å². The van der Waals surface area contributed by atoms with E-state index in [0.29, 0.717) is 6.04 Å². The van der Waals surface area contributed by atoms with Crippen LogP contribution in [0.15, 0.2) is 18.2 Å². The number of rotatable bonds is 4. The highest BCUT2D eigenvalue weighted by atomic mass is 14.9. The Morgan fingerprint density at radius 3 is 2.55 bits per heavy atom. The Bertz CT molecular complexity index is 437. The van der Waals surface area contributed by atoms with Crippen LogP contribution >= 0.6 is 0 Å². The minimum atomic E-state index is 0.537. The molecule has 1 aromatic rings. The summed E-state index contributed by atoms with van der Waals surface area (Å²) in [5.41, 5.74) is 4.34. The lowest BCUT2D eigenvalue weighted by atomic mass is 9.71. The third kappa shape index (κ3) is 3.44. The minimum absolute atomic E-state index is 0.537. The van der Waals surface area contributed by atoms with Crippen molar-refractivity contribution in [3.05, 3.63) is 34.9 Å². The quantitative estimate of drug-likeness (QED) is 0.811. The van der Waals surface area contributed by atoms with Gasteiger partial charge in [0.15, 0.2) is 0 Å². The van der Waals surface area contributed by atoms with Gasteiger partial charge in [0, 0.05) is 6.04 Å². The molecule has 0 amide bonds. The Morgan fingerprint density at radius 1 is 1.15 bits per heavy atom. The van der Waals surface area contributed by atoms with Gasteiger partial charge >= 0.3 is 0 Å². The zero-order valence-electron chi connectivity index (χ0n) is 13.9. The van der Waals surface area contributed by atoms with E-state index in [1.165, 1.54) is 36.0 Å². The van der Waals surface area contributed by atoms with Crippen LogP contribution in [0.25, 0.3) is 0 Å². The second kappa shape index (κ2) is 6.76. The van der Waals surface area contributed by atoms with E-state index >= 15 is 0 Å². The van der Waals surface area contributed by atoms with Crippen LogP contribution < -0.4 is 5.32 Å². The van der Waals surface area contributed by atoms with Crippen molar-refractivity contribution in [2.24, 2.45) is 17.8 Å². The molecule has 1 aromatic carbocycles. The molecule has 0 heterocycles. The number of hydrogen-bond donors (Lipinski definition) is 1. The Labute approximate surface area is 125 Å². The summed E-state index contributed by atoms with van der Waals surface area (Å²) in [5.74, 6) is 2.55. The van der Waals surface area contributed by atoms with Crippen LogP contribution in [0.1, 0.15) is 62.8 Å². The van der Waals surface area contributed by atoms with E-state index in [-0.39, 0.29) is 0 Å². The summed E-state index contributed by atoms with van der Waals surface area (Å²) in [4.78, 5) is 0. The molecule has 1 nitrogen and oxygen atoms in total. The van der Waals surface area contributed by atoms with Crippen LogP contribution in [-0.4, -0.2) is 6.54 Å². The van der Waals surface area contributed by atoms with E-state index < -0.39 is 0 Å². The second-order valence-corrected chi connectivity index (χ2v) is 6.92. The van der Waals surface area contributed by atoms with E-state index in [2.05, 4.69) is 58.1 Å². The van der Waals surface area contributed by atoms with Crippen LogP contribution in [0.5, 0.6) is 0 Å². The zero-order chi connectivity index (χ0) is 14.7. The SMILES string of the molecule is CCNC(c1cc(C)ccc1C)C1CCC(C)C(C)C1. The molecular formula is C19H31N. The van der Waals surface area contributed by atoms with Crippen LogP contribution in [0.3, 0.4) is 0 Å². The monoisotopic (exact) mass is 273 g/mol. The van der Waals surface area contributed by atoms with E-state index in [1.807, 2.05) is 0 Å². The molecule has 1 fully saturated rings. The van der Waals surface area contributed by atoms with Crippen molar-refractivity contribution >= 4 is 0 Å². The fourth-order valence-corrected chi connectivity index (χ4v) is 3.74. The summed E-state index contributed by atoms with van der Waals surface area (Å²) in [6.07, 6.45) is 4.13. The van der Waals surface area contributed by atoms with Gasteiger partial charge in [-0.15, -0.1) is 0 Å². The molecule has 1 aliphatic rings. The molecule has 0 aliphatic heterocycles. The van der Waals surface area contributed by atoms with E-state index in [0.717, 1.165) is 24.3 Å². The summed E-state index contributed by atoms with van der Waals surface area (Å²) in [6, 6.07) is 7.44. The highest BCUT2D eigenvalue weighted by Gasteiger charge is 2.31. The Hall–Kier alpha value is -0.820. The molecule has 0 saturated heterocycles. The average Bonchev–Trinajstić information content (AvgIpc) is 2.42. The summed E-state index contributed by atoms with van der Waals surface area (Å²) in [6.45, 7) is 12.6. The first-order chi connectivity index (χ1) is 9.52. The highest BCUT2D eigenvalue weighted by molar-refractivity contribution is 5.33. The first kappa shape index (κ1) is 15.6. The van der Waals surface area contributed by atoms with Crippen LogP contribution in [0.2, 0.25) is 0 Å². The molecule has 0 aromatic heterocycles. The number of benzene rings is 1. The third-order valence-corrected chi connectivity index (χ3v) is 5.30. The predicted molar refractivity (Wildman–Crippen MR) is 88.0 cm³/mol. The molecule has 1 aliphatic carbocycles. The molecule has 4 atom stereocenters. The molecule has 4 unspecified atom stereocenters. The average molecular weight is 273 g/mol. The minimum Gasteiger partial charge on any atom is -0.310 e. The van der Waals surface area contributed by atoms with Crippen molar-refractivity contribution in [1.29, 1.82) is 0 Å². The summed E-state index contributed by atoms with van der Waals surface area (Å²) < 4.78 is 0.